The molecule has 0 aliphatic carbocycles. The molecule has 0 atom stereocenters. The molecule has 0 aromatic heterocycles. The lowest BCUT2D eigenvalue weighted by molar-refractivity contribution is -0.929. The number of quaternary nitrogens is 1. The molecular formula is C18H39Cl2N. The Morgan fingerprint density at radius 2 is 0.952 bits per heavy atom. The van der Waals surface area contributed by atoms with Crippen LogP contribution in [0.15, 0.2) is 0 Å². The first-order chi connectivity index (χ1) is 9.74. The second-order valence-electron chi connectivity index (χ2n) is 6.40. The number of unbranched alkanes of at least 4 members (excludes halogenated alkanes) is 6. The number of rotatable bonds is 15. The van der Waals surface area contributed by atoms with Gasteiger partial charge in [-0.2, -0.15) is 0 Å². The normalized spacial score (nSPS) is 11.4. The third-order valence-corrected chi connectivity index (χ3v) is 4.74. The van der Waals surface area contributed by atoms with Crippen molar-refractivity contribution in [3.8, 4) is 0 Å². The number of alkyl halides is 1. The van der Waals surface area contributed by atoms with E-state index in [2.05, 4.69) is 20.8 Å². The van der Waals surface area contributed by atoms with E-state index in [1.54, 1.807) is 0 Å². The molecule has 0 unspecified atom stereocenters. The first kappa shape index (κ1) is 23.8. The molecular weight excluding hydrogens is 301 g/mol. The minimum Gasteiger partial charge on any atom is -1.00 e. The van der Waals surface area contributed by atoms with Gasteiger partial charge in [0, 0.05) is 5.88 Å². The second kappa shape index (κ2) is 16.9. The fourth-order valence-electron chi connectivity index (χ4n) is 3.10. The van der Waals surface area contributed by atoms with Crippen LogP contribution in [-0.2, 0) is 0 Å². The predicted octanol–water partition coefficient (Wildman–Crippen LogP) is 3.01. The summed E-state index contributed by atoms with van der Waals surface area (Å²) >= 11 is 5.88. The lowest BCUT2D eigenvalue weighted by Gasteiger charge is -2.39. The fourth-order valence-corrected chi connectivity index (χ4v) is 3.29. The Morgan fingerprint density at radius 3 is 1.33 bits per heavy atom. The van der Waals surface area contributed by atoms with Crippen LogP contribution >= 0.6 is 11.6 Å². The van der Waals surface area contributed by atoms with Crippen molar-refractivity contribution in [3.05, 3.63) is 0 Å². The Hall–Kier alpha value is 0.540. The number of hydrogen-bond acceptors (Lipinski definition) is 0. The maximum absolute atomic E-state index is 5.88. The van der Waals surface area contributed by atoms with Crippen molar-refractivity contribution >= 4 is 11.6 Å². The molecule has 0 saturated heterocycles. The summed E-state index contributed by atoms with van der Waals surface area (Å²) in [6, 6.07) is 0. The summed E-state index contributed by atoms with van der Waals surface area (Å²) in [6.07, 6.45) is 13.5. The predicted molar refractivity (Wildman–Crippen MR) is 93.6 cm³/mol. The van der Waals surface area contributed by atoms with Crippen molar-refractivity contribution in [1.82, 2.24) is 0 Å². The quantitative estimate of drug-likeness (QED) is 0.244. The van der Waals surface area contributed by atoms with Gasteiger partial charge >= 0.3 is 0 Å². The minimum absolute atomic E-state index is 0. The Morgan fingerprint density at radius 1 is 0.571 bits per heavy atom. The van der Waals surface area contributed by atoms with Gasteiger partial charge < -0.3 is 16.9 Å². The van der Waals surface area contributed by atoms with E-state index in [9.17, 15) is 0 Å². The molecule has 0 spiro atoms. The van der Waals surface area contributed by atoms with Gasteiger partial charge in [0.05, 0.1) is 26.2 Å². The SMILES string of the molecule is CCCCC[N+](CCCC)(CCCCC)CCCCCl.[Cl-]. The fraction of sp³-hybridized carbons (Fsp3) is 1.00. The van der Waals surface area contributed by atoms with Crippen LogP contribution in [0.2, 0.25) is 0 Å². The molecule has 0 aliphatic heterocycles. The molecule has 0 fully saturated rings. The van der Waals surface area contributed by atoms with Gasteiger partial charge in [0.15, 0.2) is 0 Å². The highest BCUT2D eigenvalue weighted by Gasteiger charge is 2.25. The highest BCUT2D eigenvalue weighted by atomic mass is 35.5. The van der Waals surface area contributed by atoms with Gasteiger partial charge in [0.2, 0.25) is 0 Å². The molecule has 0 aromatic carbocycles. The van der Waals surface area contributed by atoms with Gasteiger partial charge in [-0.3, -0.25) is 0 Å². The van der Waals surface area contributed by atoms with Gasteiger partial charge in [-0.05, 0) is 44.9 Å². The lowest BCUT2D eigenvalue weighted by atomic mass is 10.1. The van der Waals surface area contributed by atoms with Crippen molar-refractivity contribution in [2.24, 2.45) is 0 Å². The van der Waals surface area contributed by atoms with Crippen molar-refractivity contribution in [2.45, 2.75) is 85.0 Å². The molecule has 0 aromatic rings. The summed E-state index contributed by atoms with van der Waals surface area (Å²) in [5.41, 5.74) is 0. The van der Waals surface area contributed by atoms with Crippen LogP contribution in [0, 0.1) is 0 Å². The molecule has 0 heterocycles. The monoisotopic (exact) mass is 339 g/mol. The maximum Gasteiger partial charge on any atom is 0.0787 e. The van der Waals surface area contributed by atoms with Crippen LogP contribution in [0.3, 0.4) is 0 Å². The van der Waals surface area contributed by atoms with E-state index in [1.165, 1.54) is 94.9 Å². The molecule has 0 saturated carbocycles. The number of nitrogens with zero attached hydrogens (tertiary/aromatic N) is 1. The van der Waals surface area contributed by atoms with Crippen LogP contribution < -0.4 is 12.4 Å². The van der Waals surface area contributed by atoms with E-state index < -0.39 is 0 Å². The van der Waals surface area contributed by atoms with Gasteiger partial charge in [-0.25, -0.2) is 0 Å². The van der Waals surface area contributed by atoms with Crippen molar-refractivity contribution < 1.29 is 16.9 Å². The van der Waals surface area contributed by atoms with Crippen LogP contribution in [0.5, 0.6) is 0 Å². The van der Waals surface area contributed by atoms with Crippen molar-refractivity contribution in [2.75, 3.05) is 32.1 Å². The summed E-state index contributed by atoms with van der Waals surface area (Å²) < 4.78 is 1.38. The Balaban J connectivity index is 0. The average molecular weight is 340 g/mol. The van der Waals surface area contributed by atoms with Gasteiger partial charge in [0.25, 0.3) is 0 Å². The van der Waals surface area contributed by atoms with E-state index in [-0.39, 0.29) is 12.4 Å². The van der Waals surface area contributed by atoms with Crippen LogP contribution in [0.4, 0.5) is 0 Å². The first-order valence-electron chi connectivity index (χ1n) is 9.15. The molecule has 0 aliphatic rings. The largest absolute Gasteiger partial charge is 1.00 e. The molecule has 0 bridgehead atoms. The summed E-state index contributed by atoms with van der Waals surface area (Å²) in [5.74, 6) is 0.831. The van der Waals surface area contributed by atoms with E-state index >= 15 is 0 Å². The lowest BCUT2D eigenvalue weighted by Crippen LogP contribution is -3.00. The molecule has 3 heteroatoms. The molecule has 0 radical (unpaired) electrons. The summed E-state index contributed by atoms with van der Waals surface area (Å²) in [6.45, 7) is 12.5. The average Bonchev–Trinajstić information content (AvgIpc) is 2.46. The molecule has 0 rings (SSSR count). The Bertz CT molecular complexity index is 171. The first-order valence-corrected chi connectivity index (χ1v) is 9.69. The molecule has 0 amide bonds. The van der Waals surface area contributed by atoms with E-state index in [0.29, 0.717) is 0 Å². The van der Waals surface area contributed by atoms with E-state index in [4.69, 9.17) is 11.6 Å². The topological polar surface area (TPSA) is 0 Å². The minimum atomic E-state index is 0. The summed E-state index contributed by atoms with van der Waals surface area (Å²) in [4.78, 5) is 0. The highest BCUT2D eigenvalue weighted by molar-refractivity contribution is 6.17. The molecule has 1 nitrogen and oxygen atoms in total. The van der Waals surface area contributed by atoms with E-state index in [1.807, 2.05) is 0 Å². The zero-order valence-corrected chi connectivity index (χ0v) is 16.3. The third kappa shape index (κ3) is 12.7. The highest BCUT2D eigenvalue weighted by Crippen LogP contribution is 2.17. The number of halogens is 2. The standard InChI is InChI=1S/C18H39ClN.ClH/c1-4-7-11-16-20(15-9-6-3,17-12-8-5-2)18-13-10-14-19;/h4-18H2,1-3H3;1H/q+1;/p-1. The maximum atomic E-state index is 5.88. The van der Waals surface area contributed by atoms with Crippen LogP contribution in [-0.4, -0.2) is 36.5 Å². The van der Waals surface area contributed by atoms with Crippen molar-refractivity contribution in [3.63, 3.8) is 0 Å². The Kier molecular flexibility index (Phi) is 19.2. The zero-order chi connectivity index (χ0) is 15.1. The van der Waals surface area contributed by atoms with Gasteiger partial charge in [0.1, 0.15) is 0 Å². The van der Waals surface area contributed by atoms with Gasteiger partial charge in [-0.1, -0.05) is 40.0 Å². The molecule has 21 heavy (non-hydrogen) atoms. The van der Waals surface area contributed by atoms with Crippen molar-refractivity contribution in [1.29, 1.82) is 0 Å². The third-order valence-electron chi connectivity index (χ3n) is 4.47. The van der Waals surface area contributed by atoms with Crippen LogP contribution in [0.25, 0.3) is 0 Å². The summed E-state index contributed by atoms with van der Waals surface area (Å²) in [5, 5.41) is 0. The van der Waals surface area contributed by atoms with Gasteiger partial charge in [-0.15, -0.1) is 11.6 Å². The number of hydrogen-bond donors (Lipinski definition) is 0. The second-order valence-corrected chi connectivity index (χ2v) is 6.78. The van der Waals surface area contributed by atoms with E-state index in [0.717, 1.165) is 5.88 Å². The summed E-state index contributed by atoms with van der Waals surface area (Å²) in [7, 11) is 0. The zero-order valence-electron chi connectivity index (χ0n) is 14.8. The molecule has 130 valence electrons. The van der Waals surface area contributed by atoms with Crippen LogP contribution in [0.1, 0.15) is 85.0 Å². The molecule has 0 N–H and O–H groups in total. The Labute approximate surface area is 145 Å². The smallest absolute Gasteiger partial charge is 0.0787 e.